The first kappa shape index (κ1) is 10.8. The number of hydrogen-bond acceptors (Lipinski definition) is 3. The quantitative estimate of drug-likeness (QED) is 0.723. The van der Waals surface area contributed by atoms with Gasteiger partial charge in [-0.1, -0.05) is 6.07 Å². The number of aromatic hydroxyl groups is 2. The Balaban J connectivity index is 2.51. The topological polar surface area (TPSA) is 66.5 Å². The van der Waals surface area contributed by atoms with Crippen molar-refractivity contribution in [2.24, 2.45) is 5.73 Å². The number of phenols is 2. The molecule has 0 aromatic heterocycles. The molecule has 1 fully saturated rings. The number of benzene rings is 1. The van der Waals surface area contributed by atoms with Crippen molar-refractivity contribution in [2.75, 3.05) is 0 Å². The van der Waals surface area contributed by atoms with Crippen LogP contribution in [0.5, 0.6) is 11.5 Å². The molecule has 0 aliphatic heterocycles. The average molecular weight is 272 g/mol. The predicted molar refractivity (Wildman–Crippen MR) is 62.0 cm³/mol. The molecular weight excluding hydrogens is 258 g/mol. The minimum absolute atomic E-state index is 0.0102. The van der Waals surface area contributed by atoms with Crippen molar-refractivity contribution in [3.8, 4) is 11.5 Å². The van der Waals surface area contributed by atoms with Gasteiger partial charge in [0.05, 0.1) is 4.47 Å². The van der Waals surface area contributed by atoms with Gasteiger partial charge in [0, 0.05) is 17.0 Å². The minimum Gasteiger partial charge on any atom is -0.504 e. The van der Waals surface area contributed by atoms with Gasteiger partial charge >= 0.3 is 0 Å². The summed E-state index contributed by atoms with van der Waals surface area (Å²) < 4.78 is 0.504. The summed E-state index contributed by atoms with van der Waals surface area (Å²) in [5, 5.41) is 19.5. The molecule has 0 radical (unpaired) electrons. The van der Waals surface area contributed by atoms with Crippen molar-refractivity contribution < 1.29 is 10.2 Å². The normalized spacial score (nSPS) is 19.9. The monoisotopic (exact) mass is 271 g/mol. The number of rotatable bonds is 2. The molecule has 3 nitrogen and oxygen atoms in total. The molecule has 0 heterocycles. The van der Waals surface area contributed by atoms with Crippen molar-refractivity contribution in [3.63, 3.8) is 0 Å². The van der Waals surface area contributed by atoms with Crippen molar-refractivity contribution in [1.82, 2.24) is 0 Å². The molecule has 15 heavy (non-hydrogen) atoms. The van der Waals surface area contributed by atoms with Gasteiger partial charge in [0.25, 0.3) is 0 Å². The van der Waals surface area contributed by atoms with Crippen LogP contribution in [0.25, 0.3) is 0 Å². The summed E-state index contributed by atoms with van der Waals surface area (Å²) in [5.74, 6) is -0.140. The van der Waals surface area contributed by atoms with E-state index in [1.807, 2.05) is 13.0 Å². The molecule has 0 spiro atoms. The van der Waals surface area contributed by atoms with E-state index in [-0.39, 0.29) is 23.0 Å². The van der Waals surface area contributed by atoms with Gasteiger partial charge in [0.1, 0.15) is 0 Å². The molecule has 1 aromatic carbocycles. The summed E-state index contributed by atoms with van der Waals surface area (Å²) in [7, 11) is 0. The third kappa shape index (κ3) is 1.52. The lowest BCUT2D eigenvalue weighted by molar-refractivity contribution is 0.388. The van der Waals surface area contributed by atoms with Crippen LogP contribution in [0.2, 0.25) is 0 Å². The Morgan fingerprint density at radius 3 is 2.40 bits per heavy atom. The zero-order chi connectivity index (χ0) is 11.2. The van der Waals surface area contributed by atoms with Crippen molar-refractivity contribution in [1.29, 1.82) is 0 Å². The maximum absolute atomic E-state index is 9.87. The van der Waals surface area contributed by atoms with Gasteiger partial charge in [-0.2, -0.15) is 0 Å². The van der Waals surface area contributed by atoms with Crippen molar-refractivity contribution in [2.45, 2.75) is 31.2 Å². The Bertz CT molecular complexity index is 400. The molecular formula is C11H14BrNO2. The summed E-state index contributed by atoms with van der Waals surface area (Å²) in [6.07, 6.45) is 1.94. The molecule has 0 saturated heterocycles. The Labute approximate surface area is 97.0 Å². The van der Waals surface area contributed by atoms with Gasteiger partial charge in [0.2, 0.25) is 0 Å². The second-order valence-electron chi connectivity index (χ2n) is 4.24. The molecule has 0 bridgehead atoms. The van der Waals surface area contributed by atoms with E-state index in [1.54, 1.807) is 6.07 Å². The van der Waals surface area contributed by atoms with Crippen LogP contribution < -0.4 is 5.73 Å². The van der Waals surface area contributed by atoms with Crippen LogP contribution in [0.4, 0.5) is 0 Å². The highest BCUT2D eigenvalue weighted by molar-refractivity contribution is 9.10. The van der Waals surface area contributed by atoms with Gasteiger partial charge in [0.15, 0.2) is 11.5 Å². The minimum atomic E-state index is -0.137. The smallest absolute Gasteiger partial charge is 0.172 e. The number of halogens is 1. The van der Waals surface area contributed by atoms with Gasteiger partial charge in [-0.3, -0.25) is 0 Å². The van der Waals surface area contributed by atoms with Gasteiger partial charge in [-0.15, -0.1) is 0 Å². The summed E-state index contributed by atoms with van der Waals surface area (Å²) >= 11 is 3.16. The molecule has 1 unspecified atom stereocenters. The summed E-state index contributed by atoms with van der Waals surface area (Å²) in [6.45, 7) is 1.94. The number of hydrogen-bond donors (Lipinski definition) is 3. The van der Waals surface area contributed by atoms with Crippen LogP contribution in [-0.2, 0) is 5.41 Å². The molecule has 82 valence electrons. The van der Waals surface area contributed by atoms with Crippen LogP contribution >= 0.6 is 15.9 Å². The van der Waals surface area contributed by atoms with E-state index >= 15 is 0 Å². The third-order valence-corrected chi connectivity index (χ3v) is 3.94. The van der Waals surface area contributed by atoms with Crippen LogP contribution in [0.15, 0.2) is 16.6 Å². The van der Waals surface area contributed by atoms with Crippen molar-refractivity contribution in [3.05, 3.63) is 22.2 Å². The summed E-state index contributed by atoms with van der Waals surface area (Å²) in [5.41, 5.74) is 6.54. The van der Waals surface area contributed by atoms with E-state index in [2.05, 4.69) is 15.9 Å². The predicted octanol–water partition coefficient (Wildman–Crippen LogP) is 2.24. The fourth-order valence-corrected chi connectivity index (χ4v) is 2.38. The lowest BCUT2D eigenvalue weighted by atomic mass is 9.88. The van der Waals surface area contributed by atoms with Gasteiger partial charge in [-0.05, 0) is 41.8 Å². The highest BCUT2D eigenvalue weighted by atomic mass is 79.9. The summed E-state index contributed by atoms with van der Waals surface area (Å²) in [4.78, 5) is 0. The first-order valence-electron chi connectivity index (χ1n) is 4.95. The fourth-order valence-electron chi connectivity index (χ4n) is 2.06. The van der Waals surface area contributed by atoms with Crippen LogP contribution in [-0.4, -0.2) is 16.3 Å². The largest absolute Gasteiger partial charge is 0.504 e. The first-order chi connectivity index (χ1) is 6.99. The lowest BCUT2D eigenvalue weighted by Crippen LogP contribution is -2.31. The van der Waals surface area contributed by atoms with Crippen LogP contribution in [0.3, 0.4) is 0 Å². The number of nitrogens with two attached hydrogens (primary N) is 1. The Hall–Kier alpha value is -0.740. The molecule has 1 saturated carbocycles. The molecule has 4 heteroatoms. The highest BCUT2D eigenvalue weighted by Crippen LogP contribution is 2.55. The van der Waals surface area contributed by atoms with Gasteiger partial charge < -0.3 is 15.9 Å². The first-order valence-corrected chi connectivity index (χ1v) is 5.75. The maximum atomic E-state index is 9.87. The van der Waals surface area contributed by atoms with E-state index in [9.17, 15) is 10.2 Å². The van der Waals surface area contributed by atoms with Gasteiger partial charge in [-0.25, -0.2) is 0 Å². The lowest BCUT2D eigenvalue weighted by Gasteiger charge is -2.21. The molecule has 4 N–H and O–H groups in total. The van der Waals surface area contributed by atoms with Crippen molar-refractivity contribution >= 4 is 15.9 Å². The van der Waals surface area contributed by atoms with E-state index in [0.29, 0.717) is 4.47 Å². The highest BCUT2D eigenvalue weighted by Gasteiger charge is 2.49. The summed E-state index contributed by atoms with van der Waals surface area (Å²) in [6, 6.07) is 3.56. The zero-order valence-corrected chi connectivity index (χ0v) is 10.1. The maximum Gasteiger partial charge on any atom is 0.172 e. The second kappa shape index (κ2) is 3.39. The average Bonchev–Trinajstić information content (AvgIpc) is 2.95. The molecule has 1 aliphatic rings. The van der Waals surface area contributed by atoms with E-state index < -0.39 is 0 Å². The Morgan fingerprint density at radius 1 is 1.33 bits per heavy atom. The van der Waals surface area contributed by atoms with E-state index in [4.69, 9.17) is 5.73 Å². The van der Waals surface area contributed by atoms with E-state index in [1.165, 1.54) is 0 Å². The second-order valence-corrected chi connectivity index (χ2v) is 5.09. The third-order valence-electron chi connectivity index (χ3n) is 3.30. The van der Waals surface area contributed by atoms with E-state index in [0.717, 1.165) is 18.4 Å². The molecule has 2 rings (SSSR count). The Kier molecular flexibility index (Phi) is 2.43. The van der Waals surface area contributed by atoms with Crippen LogP contribution in [0, 0.1) is 0 Å². The molecule has 0 amide bonds. The zero-order valence-electron chi connectivity index (χ0n) is 8.50. The molecule has 1 aromatic rings. The van der Waals surface area contributed by atoms with Crippen LogP contribution in [0.1, 0.15) is 25.3 Å². The number of phenolic OH excluding ortho intramolecular Hbond substituents is 2. The standard InChI is InChI=1S/C11H14BrNO2/c1-6(13)11(4-5-11)7-2-3-8(12)10(15)9(7)14/h2-3,6,14-15H,4-5,13H2,1H3. The molecule has 1 aliphatic carbocycles. The fraction of sp³-hybridized carbons (Fsp3) is 0.455. The SMILES string of the molecule is CC(N)C1(c2ccc(Br)c(O)c2O)CC1. The molecule has 1 atom stereocenters. The Morgan fingerprint density at radius 2 is 1.93 bits per heavy atom.